The Kier molecular flexibility index (Phi) is 7.13. The molecule has 1 saturated heterocycles. The summed E-state index contributed by atoms with van der Waals surface area (Å²) in [4.78, 5) is 15.7. The van der Waals surface area contributed by atoms with Crippen LogP contribution < -0.4 is 20.4 Å². The number of hydrogen-bond acceptors (Lipinski definition) is 9. The highest BCUT2D eigenvalue weighted by molar-refractivity contribution is 9.10. The summed E-state index contributed by atoms with van der Waals surface area (Å²) in [7, 11) is 1.62. The third kappa shape index (κ3) is 5.71. The second kappa shape index (κ2) is 10.4. The lowest BCUT2D eigenvalue weighted by Gasteiger charge is -2.27. The molecule has 1 aromatic heterocycles. The number of ether oxygens (including phenoxy) is 2. The van der Waals surface area contributed by atoms with Gasteiger partial charge in [0.2, 0.25) is 17.8 Å². The van der Waals surface area contributed by atoms with Crippen molar-refractivity contribution in [3.63, 3.8) is 0 Å². The van der Waals surface area contributed by atoms with Crippen LogP contribution in [0.5, 0.6) is 5.75 Å². The molecule has 9 nitrogen and oxygen atoms in total. The largest absolute Gasteiger partial charge is 0.496 e. The molecule has 32 heavy (non-hydrogen) atoms. The van der Waals surface area contributed by atoms with Crippen LogP contribution in [0, 0.1) is 6.92 Å². The minimum Gasteiger partial charge on any atom is -0.496 e. The number of methoxy groups -OCH3 is 1. The predicted molar refractivity (Wildman–Crippen MR) is 129 cm³/mol. The van der Waals surface area contributed by atoms with E-state index in [2.05, 4.69) is 51.6 Å². The molecule has 3 aromatic rings. The Balaban J connectivity index is 1.58. The molecule has 166 valence electrons. The molecule has 2 heterocycles. The quantitative estimate of drug-likeness (QED) is 0.373. The number of nitrogens with one attached hydrogen (secondary N) is 2. The van der Waals surface area contributed by atoms with Crippen LogP contribution in [-0.2, 0) is 4.74 Å². The molecule has 0 spiro atoms. The molecule has 2 N–H and O–H groups in total. The highest BCUT2D eigenvalue weighted by Gasteiger charge is 2.16. The first-order valence-electron chi connectivity index (χ1n) is 10.2. The van der Waals surface area contributed by atoms with Crippen molar-refractivity contribution >= 4 is 45.7 Å². The summed E-state index contributed by atoms with van der Waals surface area (Å²) in [6.07, 6.45) is 1.66. The van der Waals surface area contributed by atoms with Crippen LogP contribution in [0.15, 0.2) is 52.0 Å². The van der Waals surface area contributed by atoms with Gasteiger partial charge in [0, 0.05) is 28.8 Å². The summed E-state index contributed by atoms with van der Waals surface area (Å²) in [6, 6.07) is 13.7. The fourth-order valence-electron chi connectivity index (χ4n) is 3.11. The summed E-state index contributed by atoms with van der Waals surface area (Å²) < 4.78 is 11.8. The highest BCUT2D eigenvalue weighted by Crippen LogP contribution is 2.22. The minimum absolute atomic E-state index is 0.335. The normalized spacial score (nSPS) is 13.9. The zero-order valence-corrected chi connectivity index (χ0v) is 19.5. The van der Waals surface area contributed by atoms with Crippen LogP contribution in [0.3, 0.4) is 0 Å². The van der Waals surface area contributed by atoms with Crippen molar-refractivity contribution in [2.75, 3.05) is 49.1 Å². The van der Waals surface area contributed by atoms with Crippen molar-refractivity contribution in [2.45, 2.75) is 6.92 Å². The molecule has 1 fully saturated rings. The van der Waals surface area contributed by atoms with Gasteiger partial charge in [0.25, 0.3) is 0 Å². The maximum Gasteiger partial charge on any atom is 0.250 e. The lowest BCUT2D eigenvalue weighted by Crippen LogP contribution is -2.37. The second-order valence-corrected chi connectivity index (χ2v) is 8.05. The van der Waals surface area contributed by atoms with E-state index in [1.807, 2.05) is 49.4 Å². The Labute approximate surface area is 195 Å². The van der Waals surface area contributed by atoms with Gasteiger partial charge in [0.15, 0.2) is 0 Å². The van der Waals surface area contributed by atoms with Gasteiger partial charge in [-0.15, -0.1) is 0 Å². The summed E-state index contributed by atoms with van der Waals surface area (Å²) in [5.41, 5.74) is 5.80. The molecular formula is C22H24BrN7O2. The number of nitrogens with zero attached hydrogens (tertiary/aromatic N) is 5. The number of benzene rings is 2. The first-order valence-corrected chi connectivity index (χ1v) is 10.9. The third-order valence-electron chi connectivity index (χ3n) is 4.79. The number of aryl methyl sites for hydroxylation is 1. The van der Waals surface area contributed by atoms with Crippen LogP contribution in [0.25, 0.3) is 0 Å². The first kappa shape index (κ1) is 22.0. The van der Waals surface area contributed by atoms with Crippen molar-refractivity contribution in [3.05, 3.63) is 58.1 Å². The van der Waals surface area contributed by atoms with Gasteiger partial charge in [0.05, 0.1) is 26.5 Å². The van der Waals surface area contributed by atoms with Crippen LogP contribution in [-0.4, -0.2) is 54.6 Å². The van der Waals surface area contributed by atoms with Crippen molar-refractivity contribution < 1.29 is 9.47 Å². The monoisotopic (exact) mass is 497 g/mol. The molecule has 10 heteroatoms. The average Bonchev–Trinajstić information content (AvgIpc) is 2.81. The summed E-state index contributed by atoms with van der Waals surface area (Å²) in [5.74, 6) is 2.05. The van der Waals surface area contributed by atoms with Crippen molar-refractivity contribution in [1.29, 1.82) is 0 Å². The number of rotatable bonds is 7. The molecule has 0 aliphatic carbocycles. The number of hydrogen-bond donors (Lipinski definition) is 2. The van der Waals surface area contributed by atoms with E-state index in [1.165, 1.54) is 5.56 Å². The van der Waals surface area contributed by atoms with E-state index in [0.29, 0.717) is 49.9 Å². The van der Waals surface area contributed by atoms with Crippen LogP contribution >= 0.6 is 15.9 Å². The van der Waals surface area contributed by atoms with E-state index < -0.39 is 0 Å². The smallest absolute Gasteiger partial charge is 0.250 e. The highest BCUT2D eigenvalue weighted by atomic mass is 79.9. The Hall–Kier alpha value is -3.24. The molecule has 0 unspecified atom stereocenters. The van der Waals surface area contributed by atoms with Gasteiger partial charge in [-0.05, 0) is 37.3 Å². The second-order valence-electron chi connectivity index (χ2n) is 7.13. The number of anilines is 4. The van der Waals surface area contributed by atoms with E-state index in [-0.39, 0.29) is 0 Å². The van der Waals surface area contributed by atoms with Gasteiger partial charge in [-0.25, -0.2) is 5.43 Å². The molecule has 1 aliphatic rings. The first-order chi connectivity index (χ1) is 15.6. The summed E-state index contributed by atoms with van der Waals surface area (Å²) >= 11 is 3.47. The Bertz CT molecular complexity index is 1090. The standard InChI is InChI=1S/C22H24BrN7O2/c1-15-3-6-18(7-4-15)25-20-26-21(28-22(27-20)30-9-11-32-12-10-30)29-24-14-16-13-17(23)5-8-19(16)31-2/h3-8,13-14H,9-12H2,1-2H3,(H2,25,26,27,28,29)/b24-14+. The Morgan fingerprint density at radius 3 is 2.56 bits per heavy atom. The predicted octanol–water partition coefficient (Wildman–Crippen LogP) is 3.98. The minimum atomic E-state index is 0.335. The van der Waals surface area contributed by atoms with Gasteiger partial charge in [-0.2, -0.15) is 20.1 Å². The molecule has 4 rings (SSSR count). The molecule has 1 aliphatic heterocycles. The number of morpholine rings is 1. The summed E-state index contributed by atoms with van der Waals surface area (Å²) in [5, 5.41) is 7.55. The summed E-state index contributed by atoms with van der Waals surface area (Å²) in [6.45, 7) is 4.74. The maximum absolute atomic E-state index is 5.45. The average molecular weight is 498 g/mol. The van der Waals surface area contributed by atoms with E-state index in [0.717, 1.165) is 15.7 Å². The molecule has 0 amide bonds. The van der Waals surface area contributed by atoms with E-state index >= 15 is 0 Å². The van der Waals surface area contributed by atoms with E-state index in [1.54, 1.807) is 13.3 Å². The van der Waals surface area contributed by atoms with Crippen molar-refractivity contribution in [1.82, 2.24) is 15.0 Å². The van der Waals surface area contributed by atoms with E-state index in [4.69, 9.17) is 9.47 Å². The van der Waals surface area contributed by atoms with Crippen molar-refractivity contribution in [3.8, 4) is 5.75 Å². The van der Waals surface area contributed by atoms with Gasteiger partial charge in [0.1, 0.15) is 5.75 Å². The number of aromatic nitrogens is 3. The molecule has 0 saturated carbocycles. The maximum atomic E-state index is 5.45. The SMILES string of the molecule is COc1ccc(Br)cc1/C=N/Nc1nc(Nc2ccc(C)cc2)nc(N2CCOCC2)n1. The van der Waals surface area contributed by atoms with Crippen LogP contribution in [0.2, 0.25) is 0 Å². The van der Waals surface area contributed by atoms with Crippen LogP contribution in [0.1, 0.15) is 11.1 Å². The Morgan fingerprint density at radius 2 is 1.81 bits per heavy atom. The lowest BCUT2D eigenvalue weighted by atomic mass is 10.2. The van der Waals surface area contributed by atoms with Gasteiger partial charge < -0.3 is 19.7 Å². The van der Waals surface area contributed by atoms with E-state index in [9.17, 15) is 0 Å². The molecule has 0 atom stereocenters. The van der Waals surface area contributed by atoms with Gasteiger partial charge >= 0.3 is 0 Å². The molecular weight excluding hydrogens is 474 g/mol. The Morgan fingerprint density at radius 1 is 1.06 bits per heavy atom. The zero-order valence-electron chi connectivity index (χ0n) is 17.9. The fourth-order valence-corrected chi connectivity index (χ4v) is 3.49. The zero-order chi connectivity index (χ0) is 22.3. The van der Waals surface area contributed by atoms with Gasteiger partial charge in [-0.1, -0.05) is 33.6 Å². The lowest BCUT2D eigenvalue weighted by molar-refractivity contribution is 0.122. The van der Waals surface area contributed by atoms with Gasteiger partial charge in [-0.3, -0.25) is 0 Å². The third-order valence-corrected chi connectivity index (χ3v) is 5.28. The fraction of sp³-hybridized carbons (Fsp3) is 0.273. The molecule has 2 aromatic carbocycles. The molecule has 0 bridgehead atoms. The number of halogens is 1. The number of hydrazone groups is 1. The molecule has 0 radical (unpaired) electrons. The van der Waals surface area contributed by atoms with Crippen molar-refractivity contribution in [2.24, 2.45) is 5.10 Å². The van der Waals surface area contributed by atoms with Crippen LogP contribution in [0.4, 0.5) is 23.5 Å². The topological polar surface area (TPSA) is 96.8 Å².